The highest BCUT2D eigenvalue weighted by Crippen LogP contribution is 2.28. The maximum Gasteiger partial charge on any atom is 0.253 e. The van der Waals surface area contributed by atoms with Crippen molar-refractivity contribution < 1.29 is 4.79 Å². The molecule has 1 heterocycles. The summed E-state index contributed by atoms with van der Waals surface area (Å²) in [6.45, 7) is 0.738. The lowest BCUT2D eigenvalue weighted by molar-refractivity contribution is 0.0827. The number of benzene rings is 2. The average molecular weight is 385 g/mol. The quantitative estimate of drug-likeness (QED) is 0.620. The van der Waals surface area contributed by atoms with Crippen molar-refractivity contribution in [1.29, 1.82) is 0 Å². The molecule has 0 spiro atoms. The molecule has 5 nitrogen and oxygen atoms in total. The van der Waals surface area contributed by atoms with Crippen LogP contribution in [0.4, 0.5) is 5.13 Å². The fourth-order valence-electron chi connectivity index (χ4n) is 2.26. The van der Waals surface area contributed by atoms with E-state index >= 15 is 0 Å². The Kier molecular flexibility index (Phi) is 6.25. The molecule has 0 aliphatic rings. The first-order valence-corrected chi connectivity index (χ1v) is 9.97. The number of carbonyl (C=O) groups is 1. The maximum atomic E-state index is 11.9. The summed E-state index contributed by atoms with van der Waals surface area (Å²) in [4.78, 5) is 13.5. The zero-order chi connectivity index (χ0) is 18.4. The van der Waals surface area contributed by atoms with E-state index < -0.39 is 0 Å². The lowest BCUT2D eigenvalue weighted by Gasteiger charge is -2.10. The van der Waals surface area contributed by atoms with E-state index in [9.17, 15) is 4.79 Å². The molecule has 3 rings (SSSR count). The van der Waals surface area contributed by atoms with Crippen molar-refractivity contribution in [2.45, 2.75) is 16.6 Å². The van der Waals surface area contributed by atoms with Gasteiger partial charge in [-0.05, 0) is 23.3 Å². The summed E-state index contributed by atoms with van der Waals surface area (Å²) in [6.07, 6.45) is 0. The van der Waals surface area contributed by atoms with Crippen LogP contribution in [0.2, 0.25) is 0 Å². The van der Waals surface area contributed by atoms with Crippen LogP contribution in [0.3, 0.4) is 0 Å². The van der Waals surface area contributed by atoms with Crippen molar-refractivity contribution in [3.05, 3.63) is 71.3 Å². The van der Waals surface area contributed by atoms with Gasteiger partial charge in [0.25, 0.3) is 5.91 Å². The fraction of sp³-hybridized carbons (Fsp3) is 0.211. The highest BCUT2D eigenvalue weighted by atomic mass is 32.2. The smallest absolute Gasteiger partial charge is 0.253 e. The number of carbonyl (C=O) groups excluding carboxylic acids is 1. The number of rotatable bonds is 7. The van der Waals surface area contributed by atoms with Crippen LogP contribution in [-0.4, -0.2) is 35.1 Å². The summed E-state index contributed by atoms with van der Waals surface area (Å²) in [5.74, 6) is 0.812. The van der Waals surface area contributed by atoms with Gasteiger partial charge >= 0.3 is 0 Å². The third-order valence-corrected chi connectivity index (χ3v) is 5.75. The van der Waals surface area contributed by atoms with E-state index in [1.54, 1.807) is 42.1 Å². The Morgan fingerprint density at radius 2 is 1.77 bits per heavy atom. The first-order valence-electron chi connectivity index (χ1n) is 8.16. The summed E-state index contributed by atoms with van der Waals surface area (Å²) < 4.78 is 0.925. The monoisotopic (exact) mass is 384 g/mol. The third-order valence-electron chi connectivity index (χ3n) is 3.66. The number of hydrogen-bond donors (Lipinski definition) is 1. The van der Waals surface area contributed by atoms with Crippen LogP contribution in [0.5, 0.6) is 0 Å². The summed E-state index contributed by atoms with van der Waals surface area (Å²) in [5.41, 5.74) is 3.07. The second kappa shape index (κ2) is 8.82. The molecule has 26 heavy (non-hydrogen) atoms. The molecule has 0 radical (unpaired) electrons. The standard InChI is InChI=1S/C19H20N4OS2/c1-23(2)17(24)16-10-8-15(9-11-16)13-25-19-22-21-18(26-19)20-12-14-6-4-3-5-7-14/h3-11H,12-13H2,1-2H3,(H,20,21). The van der Waals surface area contributed by atoms with E-state index in [4.69, 9.17) is 0 Å². The van der Waals surface area contributed by atoms with Gasteiger partial charge in [0.1, 0.15) is 0 Å². The molecule has 0 aliphatic carbocycles. The molecule has 1 aromatic heterocycles. The van der Waals surface area contributed by atoms with Gasteiger partial charge in [-0.2, -0.15) is 0 Å². The number of aromatic nitrogens is 2. The second-order valence-corrected chi connectivity index (χ2v) is 8.10. The van der Waals surface area contributed by atoms with Gasteiger partial charge in [-0.3, -0.25) is 4.79 Å². The number of nitrogens with one attached hydrogen (secondary N) is 1. The molecule has 0 atom stereocenters. The molecular weight excluding hydrogens is 364 g/mol. The van der Waals surface area contributed by atoms with Crippen molar-refractivity contribution in [3.8, 4) is 0 Å². The second-order valence-electron chi connectivity index (χ2n) is 5.90. The van der Waals surface area contributed by atoms with Crippen molar-refractivity contribution in [1.82, 2.24) is 15.1 Å². The molecule has 1 amide bonds. The van der Waals surface area contributed by atoms with Crippen molar-refractivity contribution in [2.24, 2.45) is 0 Å². The molecular formula is C19H20N4OS2. The maximum absolute atomic E-state index is 11.9. The Morgan fingerprint density at radius 3 is 2.46 bits per heavy atom. The van der Waals surface area contributed by atoms with Crippen LogP contribution in [0.1, 0.15) is 21.5 Å². The van der Waals surface area contributed by atoms with E-state index in [1.807, 2.05) is 42.5 Å². The molecule has 0 bridgehead atoms. The summed E-state index contributed by atoms with van der Waals surface area (Å²) in [6, 6.07) is 17.9. The predicted octanol–water partition coefficient (Wildman–Crippen LogP) is 4.14. The highest BCUT2D eigenvalue weighted by molar-refractivity contribution is 8.00. The van der Waals surface area contributed by atoms with Crippen LogP contribution in [0.25, 0.3) is 0 Å². The topological polar surface area (TPSA) is 58.1 Å². The van der Waals surface area contributed by atoms with Crippen LogP contribution in [0, 0.1) is 0 Å². The van der Waals surface area contributed by atoms with Crippen LogP contribution in [0.15, 0.2) is 58.9 Å². The zero-order valence-electron chi connectivity index (χ0n) is 14.7. The number of nitrogens with zero attached hydrogens (tertiary/aromatic N) is 3. The van der Waals surface area contributed by atoms with E-state index in [0.717, 1.165) is 27.3 Å². The van der Waals surface area contributed by atoms with E-state index in [-0.39, 0.29) is 5.91 Å². The largest absolute Gasteiger partial charge is 0.356 e. The van der Waals surface area contributed by atoms with Gasteiger partial charge in [0.15, 0.2) is 4.34 Å². The minimum absolute atomic E-state index is 0.0162. The van der Waals surface area contributed by atoms with Gasteiger partial charge in [-0.1, -0.05) is 65.6 Å². The molecule has 0 saturated heterocycles. The normalized spacial score (nSPS) is 10.5. The van der Waals surface area contributed by atoms with E-state index in [2.05, 4.69) is 27.6 Å². The Balaban J connectivity index is 1.51. The molecule has 2 aromatic carbocycles. The third kappa shape index (κ3) is 5.06. The number of anilines is 1. The SMILES string of the molecule is CN(C)C(=O)c1ccc(CSc2nnc(NCc3ccccc3)s2)cc1. The van der Waals surface area contributed by atoms with Gasteiger partial charge in [0.2, 0.25) is 5.13 Å². The fourth-order valence-corrected chi connectivity index (χ4v) is 3.96. The Labute approximate surface area is 161 Å². The van der Waals surface area contributed by atoms with Gasteiger partial charge in [0, 0.05) is 32.0 Å². The first-order chi connectivity index (χ1) is 12.6. The molecule has 134 valence electrons. The van der Waals surface area contributed by atoms with Crippen molar-refractivity contribution in [3.63, 3.8) is 0 Å². The Bertz CT molecular complexity index is 847. The van der Waals surface area contributed by atoms with Gasteiger partial charge in [-0.25, -0.2) is 0 Å². The lowest BCUT2D eigenvalue weighted by atomic mass is 10.1. The number of thioether (sulfide) groups is 1. The molecule has 3 aromatic rings. The van der Waals surface area contributed by atoms with Gasteiger partial charge in [-0.15, -0.1) is 10.2 Å². The number of hydrogen-bond acceptors (Lipinski definition) is 6. The van der Waals surface area contributed by atoms with Crippen LogP contribution >= 0.6 is 23.1 Å². The summed E-state index contributed by atoms with van der Waals surface area (Å²) in [5, 5.41) is 12.5. The van der Waals surface area contributed by atoms with Crippen molar-refractivity contribution >= 4 is 34.1 Å². The Hall–Kier alpha value is -2.38. The first kappa shape index (κ1) is 18.4. The Morgan fingerprint density at radius 1 is 1.04 bits per heavy atom. The number of amides is 1. The van der Waals surface area contributed by atoms with Crippen LogP contribution in [-0.2, 0) is 12.3 Å². The lowest BCUT2D eigenvalue weighted by Crippen LogP contribution is -2.21. The summed E-state index contributed by atoms with van der Waals surface area (Å²) in [7, 11) is 3.51. The molecule has 0 aliphatic heterocycles. The molecule has 7 heteroatoms. The zero-order valence-corrected chi connectivity index (χ0v) is 16.3. The van der Waals surface area contributed by atoms with Gasteiger partial charge in [0.05, 0.1) is 0 Å². The predicted molar refractivity (Wildman–Crippen MR) is 108 cm³/mol. The highest BCUT2D eigenvalue weighted by Gasteiger charge is 2.08. The summed E-state index contributed by atoms with van der Waals surface area (Å²) >= 11 is 3.20. The van der Waals surface area contributed by atoms with Gasteiger partial charge < -0.3 is 10.2 Å². The molecule has 0 unspecified atom stereocenters. The van der Waals surface area contributed by atoms with Crippen LogP contribution < -0.4 is 5.32 Å². The van der Waals surface area contributed by atoms with Crippen molar-refractivity contribution in [2.75, 3.05) is 19.4 Å². The molecule has 0 fully saturated rings. The van der Waals surface area contributed by atoms with E-state index in [0.29, 0.717) is 5.56 Å². The molecule has 1 N–H and O–H groups in total. The minimum atomic E-state index is 0.0162. The average Bonchev–Trinajstić information content (AvgIpc) is 3.13. The molecule has 0 saturated carbocycles. The minimum Gasteiger partial charge on any atom is -0.356 e. The van der Waals surface area contributed by atoms with E-state index in [1.165, 1.54) is 5.56 Å².